The standard InChI is InChI=1S/C20H28N4O2S2/c1-21-20(22-12-11-18-6-5-15-27-18)23-16-17-7-9-19(10-8-17)28(25,26)24-13-3-2-4-14-24/h5-10,15H,2-4,11-14,16H2,1H3,(H2,21,22,23). The van der Waals surface area contributed by atoms with Gasteiger partial charge in [0.15, 0.2) is 5.96 Å². The van der Waals surface area contributed by atoms with Crippen LogP contribution < -0.4 is 10.6 Å². The van der Waals surface area contributed by atoms with Crippen LogP contribution >= 0.6 is 11.3 Å². The highest BCUT2D eigenvalue weighted by molar-refractivity contribution is 7.89. The summed E-state index contributed by atoms with van der Waals surface area (Å²) in [5.41, 5.74) is 1.01. The number of nitrogens with zero attached hydrogens (tertiary/aromatic N) is 2. The molecule has 8 heteroatoms. The number of piperidine rings is 1. The van der Waals surface area contributed by atoms with Crippen molar-refractivity contribution in [2.45, 2.75) is 37.1 Å². The molecule has 0 radical (unpaired) electrons. The molecule has 1 aromatic carbocycles. The van der Waals surface area contributed by atoms with Crippen LogP contribution in [0.15, 0.2) is 51.7 Å². The maximum atomic E-state index is 12.7. The molecule has 2 heterocycles. The van der Waals surface area contributed by atoms with Gasteiger partial charge in [-0.2, -0.15) is 4.31 Å². The van der Waals surface area contributed by atoms with Gasteiger partial charge in [0.05, 0.1) is 4.90 Å². The van der Waals surface area contributed by atoms with Crippen molar-refractivity contribution in [1.29, 1.82) is 0 Å². The molecule has 1 aromatic heterocycles. The second-order valence-corrected chi connectivity index (χ2v) is 9.76. The first-order valence-corrected chi connectivity index (χ1v) is 12.0. The zero-order chi connectivity index (χ0) is 19.8. The molecule has 0 aliphatic carbocycles. The van der Waals surface area contributed by atoms with Gasteiger partial charge in [0.25, 0.3) is 0 Å². The lowest BCUT2D eigenvalue weighted by atomic mass is 10.2. The summed E-state index contributed by atoms with van der Waals surface area (Å²) >= 11 is 1.75. The van der Waals surface area contributed by atoms with E-state index in [1.54, 1.807) is 34.8 Å². The van der Waals surface area contributed by atoms with Gasteiger partial charge in [0.2, 0.25) is 10.0 Å². The highest BCUT2D eigenvalue weighted by Crippen LogP contribution is 2.20. The second kappa shape index (κ2) is 10.0. The summed E-state index contributed by atoms with van der Waals surface area (Å²) in [7, 11) is -1.63. The van der Waals surface area contributed by atoms with Gasteiger partial charge < -0.3 is 10.6 Å². The minimum absolute atomic E-state index is 0.372. The van der Waals surface area contributed by atoms with Crippen molar-refractivity contribution in [3.8, 4) is 0 Å². The Morgan fingerprint density at radius 3 is 2.50 bits per heavy atom. The number of nitrogens with one attached hydrogen (secondary N) is 2. The molecule has 0 unspecified atom stereocenters. The average Bonchev–Trinajstić information content (AvgIpc) is 3.25. The molecular weight excluding hydrogens is 392 g/mol. The molecule has 2 N–H and O–H groups in total. The largest absolute Gasteiger partial charge is 0.356 e. The normalized spacial score (nSPS) is 16.1. The van der Waals surface area contributed by atoms with Gasteiger partial charge in [-0.1, -0.05) is 24.6 Å². The van der Waals surface area contributed by atoms with Crippen LogP contribution in [0.5, 0.6) is 0 Å². The number of guanidine groups is 1. The van der Waals surface area contributed by atoms with E-state index in [9.17, 15) is 8.42 Å². The van der Waals surface area contributed by atoms with Crippen LogP contribution in [0.1, 0.15) is 29.7 Å². The van der Waals surface area contributed by atoms with E-state index in [1.165, 1.54) is 4.88 Å². The number of rotatable bonds is 7. The highest BCUT2D eigenvalue weighted by atomic mass is 32.2. The monoisotopic (exact) mass is 420 g/mol. The lowest BCUT2D eigenvalue weighted by Gasteiger charge is -2.25. The molecule has 6 nitrogen and oxygen atoms in total. The Morgan fingerprint density at radius 1 is 1.11 bits per heavy atom. The Morgan fingerprint density at radius 2 is 1.86 bits per heavy atom. The minimum atomic E-state index is -3.37. The number of hydrogen-bond acceptors (Lipinski definition) is 4. The Labute approximate surface area is 171 Å². The Balaban J connectivity index is 1.50. The van der Waals surface area contributed by atoms with Crippen molar-refractivity contribution in [1.82, 2.24) is 14.9 Å². The van der Waals surface area contributed by atoms with E-state index in [0.717, 1.165) is 43.8 Å². The fraction of sp³-hybridized carbons (Fsp3) is 0.450. The van der Waals surface area contributed by atoms with Gasteiger partial charge in [-0.15, -0.1) is 11.3 Å². The van der Waals surface area contributed by atoms with Crippen molar-refractivity contribution in [3.05, 3.63) is 52.2 Å². The SMILES string of the molecule is CN=C(NCCc1cccs1)NCc1ccc(S(=O)(=O)N2CCCCC2)cc1. The van der Waals surface area contributed by atoms with Crippen LogP contribution in [-0.2, 0) is 23.0 Å². The van der Waals surface area contributed by atoms with Crippen LogP contribution in [0.2, 0.25) is 0 Å². The summed E-state index contributed by atoms with van der Waals surface area (Å²) in [6.45, 7) is 2.65. The van der Waals surface area contributed by atoms with E-state index in [1.807, 2.05) is 12.1 Å². The Hall–Kier alpha value is -1.90. The van der Waals surface area contributed by atoms with Crippen LogP contribution in [0.3, 0.4) is 0 Å². The summed E-state index contributed by atoms with van der Waals surface area (Å²) in [5.74, 6) is 0.738. The third-order valence-electron chi connectivity index (χ3n) is 4.80. The summed E-state index contributed by atoms with van der Waals surface area (Å²) < 4.78 is 27.0. The summed E-state index contributed by atoms with van der Waals surface area (Å²) in [4.78, 5) is 5.95. The van der Waals surface area contributed by atoms with Crippen molar-refractivity contribution < 1.29 is 8.42 Å². The molecule has 1 aliphatic rings. The third-order valence-corrected chi connectivity index (χ3v) is 7.65. The number of hydrogen-bond donors (Lipinski definition) is 2. The van der Waals surface area contributed by atoms with Crippen LogP contribution in [0, 0.1) is 0 Å². The van der Waals surface area contributed by atoms with E-state index in [4.69, 9.17) is 0 Å². The molecule has 3 rings (SSSR count). The second-order valence-electron chi connectivity index (χ2n) is 6.79. The Bertz CT molecular complexity index is 856. The predicted octanol–water partition coefficient (Wildman–Crippen LogP) is 2.83. The number of benzene rings is 1. The molecule has 2 aromatic rings. The van der Waals surface area contributed by atoms with E-state index in [2.05, 4.69) is 33.1 Å². The Kier molecular flexibility index (Phi) is 7.47. The van der Waals surface area contributed by atoms with E-state index < -0.39 is 10.0 Å². The highest BCUT2D eigenvalue weighted by Gasteiger charge is 2.25. The molecule has 0 atom stereocenters. The summed E-state index contributed by atoms with van der Waals surface area (Å²) in [6.07, 6.45) is 3.96. The molecule has 1 fully saturated rings. The van der Waals surface area contributed by atoms with Gasteiger partial charge in [0, 0.05) is 38.1 Å². The van der Waals surface area contributed by atoms with E-state index in [-0.39, 0.29) is 0 Å². The van der Waals surface area contributed by atoms with Crippen molar-refractivity contribution in [2.24, 2.45) is 4.99 Å². The van der Waals surface area contributed by atoms with Crippen molar-refractivity contribution >= 4 is 27.3 Å². The lowest BCUT2D eigenvalue weighted by molar-refractivity contribution is 0.346. The number of sulfonamides is 1. The van der Waals surface area contributed by atoms with Crippen LogP contribution in [0.25, 0.3) is 0 Å². The summed E-state index contributed by atoms with van der Waals surface area (Å²) in [6, 6.07) is 11.3. The van der Waals surface area contributed by atoms with Gasteiger partial charge >= 0.3 is 0 Å². The fourth-order valence-electron chi connectivity index (χ4n) is 3.20. The first kappa shape index (κ1) is 20.8. The van der Waals surface area contributed by atoms with Crippen molar-refractivity contribution in [3.63, 3.8) is 0 Å². The van der Waals surface area contributed by atoms with Gasteiger partial charge in [-0.25, -0.2) is 8.42 Å². The smallest absolute Gasteiger partial charge is 0.243 e. The molecule has 0 saturated carbocycles. The van der Waals surface area contributed by atoms with E-state index >= 15 is 0 Å². The number of thiophene rings is 1. The van der Waals surface area contributed by atoms with Gasteiger partial charge in [0.1, 0.15) is 0 Å². The molecule has 0 amide bonds. The zero-order valence-corrected chi connectivity index (χ0v) is 17.9. The topological polar surface area (TPSA) is 73.8 Å². The van der Waals surface area contributed by atoms with E-state index in [0.29, 0.717) is 24.5 Å². The van der Waals surface area contributed by atoms with Crippen molar-refractivity contribution in [2.75, 3.05) is 26.7 Å². The molecule has 152 valence electrons. The maximum absolute atomic E-state index is 12.7. The molecule has 28 heavy (non-hydrogen) atoms. The average molecular weight is 421 g/mol. The van der Waals surface area contributed by atoms with Crippen LogP contribution in [0.4, 0.5) is 0 Å². The maximum Gasteiger partial charge on any atom is 0.243 e. The first-order chi connectivity index (χ1) is 13.6. The fourth-order valence-corrected chi connectivity index (χ4v) is 5.42. The number of aliphatic imine (C=N–C) groups is 1. The minimum Gasteiger partial charge on any atom is -0.356 e. The quantitative estimate of drug-likeness (QED) is 0.534. The zero-order valence-electron chi connectivity index (χ0n) is 16.2. The van der Waals surface area contributed by atoms with Crippen LogP contribution in [-0.4, -0.2) is 45.4 Å². The van der Waals surface area contributed by atoms with Gasteiger partial charge in [-0.3, -0.25) is 4.99 Å². The summed E-state index contributed by atoms with van der Waals surface area (Å²) in [5, 5.41) is 8.65. The molecule has 0 spiro atoms. The third kappa shape index (κ3) is 5.56. The predicted molar refractivity (Wildman–Crippen MR) is 115 cm³/mol. The first-order valence-electron chi connectivity index (χ1n) is 9.65. The molecule has 1 aliphatic heterocycles. The molecule has 0 bridgehead atoms. The van der Waals surface area contributed by atoms with Gasteiger partial charge in [-0.05, 0) is 48.4 Å². The molecular formula is C20H28N4O2S2. The lowest BCUT2D eigenvalue weighted by Crippen LogP contribution is -2.37. The molecule has 1 saturated heterocycles.